The van der Waals surface area contributed by atoms with Gasteiger partial charge < -0.3 is 10.5 Å². The molecule has 0 fully saturated rings. The van der Waals surface area contributed by atoms with E-state index < -0.39 is 6.04 Å². The third kappa shape index (κ3) is 5.05. The van der Waals surface area contributed by atoms with Crippen LogP contribution in [0.25, 0.3) is 0 Å². The molecule has 0 saturated carbocycles. The van der Waals surface area contributed by atoms with Gasteiger partial charge in [0.25, 0.3) is 0 Å². The van der Waals surface area contributed by atoms with E-state index in [1.807, 2.05) is 0 Å². The minimum absolute atomic E-state index is 0.359. The number of hydrogen-bond donors (Lipinski definition) is 1. The number of carbonyl (C=O) groups excluding carboxylic acids is 1. The summed E-state index contributed by atoms with van der Waals surface area (Å²) in [5, 5.41) is 0. The second-order valence-corrected chi connectivity index (χ2v) is 3.11. The zero-order valence-electron chi connectivity index (χ0n) is 7.08. The van der Waals surface area contributed by atoms with Crippen molar-refractivity contribution in [1.29, 1.82) is 0 Å². The molecule has 2 N–H and O–H groups in total. The van der Waals surface area contributed by atoms with Gasteiger partial charge in [0.15, 0.2) is 0 Å². The number of ether oxygens (including phenoxy) is 1. The van der Waals surface area contributed by atoms with Crippen LogP contribution in [0.1, 0.15) is 6.92 Å². The number of nitrogens with two attached hydrogens (primary N) is 1. The molecule has 0 aromatic heterocycles. The lowest BCUT2D eigenvalue weighted by molar-refractivity contribution is -0.144. The lowest BCUT2D eigenvalue weighted by atomic mass is 10.4. The molecule has 0 spiro atoms. The van der Waals surface area contributed by atoms with Gasteiger partial charge in [-0.15, -0.1) is 18.2 Å². The van der Waals surface area contributed by atoms with E-state index in [-0.39, 0.29) is 5.97 Å². The Kier molecular flexibility index (Phi) is 6.63. The van der Waals surface area contributed by atoms with Crippen LogP contribution < -0.4 is 5.73 Å². The van der Waals surface area contributed by atoms with Gasteiger partial charge >= 0.3 is 5.97 Å². The molecule has 1 unspecified atom stereocenters. The van der Waals surface area contributed by atoms with E-state index in [0.717, 1.165) is 0 Å². The topological polar surface area (TPSA) is 52.3 Å². The minimum atomic E-state index is -0.553. The first-order valence-electron chi connectivity index (χ1n) is 3.65. The summed E-state index contributed by atoms with van der Waals surface area (Å²) in [6, 6.07) is -0.553. The Balaban J connectivity index is 3.51. The molecule has 0 aliphatic rings. The fourth-order valence-electron chi connectivity index (χ4n) is 0.562. The summed E-state index contributed by atoms with van der Waals surface area (Å²) in [6.45, 7) is 2.12. The van der Waals surface area contributed by atoms with Crippen LogP contribution in [-0.4, -0.2) is 30.1 Å². The minimum Gasteiger partial charge on any atom is -0.465 e. The molecule has 12 heavy (non-hydrogen) atoms. The zero-order valence-corrected chi connectivity index (χ0v) is 7.89. The summed E-state index contributed by atoms with van der Waals surface area (Å²) < 4.78 is 4.71. The van der Waals surface area contributed by atoms with Crippen LogP contribution in [0, 0.1) is 12.3 Å². The molecule has 68 valence electrons. The molecule has 0 saturated heterocycles. The summed E-state index contributed by atoms with van der Waals surface area (Å²) in [5.41, 5.74) is 5.48. The molecule has 0 rings (SSSR count). The molecule has 0 aromatic rings. The quantitative estimate of drug-likeness (QED) is 0.380. The van der Waals surface area contributed by atoms with E-state index in [4.69, 9.17) is 16.9 Å². The smallest absolute Gasteiger partial charge is 0.323 e. The molecule has 4 heteroatoms. The Labute approximate surface area is 77.0 Å². The highest BCUT2D eigenvalue weighted by molar-refractivity contribution is 7.99. The van der Waals surface area contributed by atoms with Crippen molar-refractivity contribution in [2.75, 3.05) is 18.1 Å². The van der Waals surface area contributed by atoms with E-state index in [1.165, 1.54) is 11.8 Å². The maximum Gasteiger partial charge on any atom is 0.323 e. The SMILES string of the molecule is C#CCSCC(N)C(=O)OCC. The Morgan fingerprint density at radius 3 is 3.00 bits per heavy atom. The molecular formula is C8H13NO2S. The third-order valence-electron chi connectivity index (χ3n) is 1.07. The predicted molar refractivity (Wildman–Crippen MR) is 50.8 cm³/mol. The molecular weight excluding hydrogens is 174 g/mol. The number of rotatable bonds is 5. The van der Waals surface area contributed by atoms with Gasteiger partial charge in [-0.1, -0.05) is 5.92 Å². The first-order valence-corrected chi connectivity index (χ1v) is 4.81. The van der Waals surface area contributed by atoms with Crippen molar-refractivity contribution in [3.05, 3.63) is 0 Å². The van der Waals surface area contributed by atoms with E-state index in [0.29, 0.717) is 18.1 Å². The normalized spacial score (nSPS) is 11.8. The summed E-state index contributed by atoms with van der Waals surface area (Å²) in [4.78, 5) is 10.9. The average Bonchev–Trinajstić information content (AvgIpc) is 2.05. The molecule has 0 bridgehead atoms. The van der Waals surface area contributed by atoms with Crippen molar-refractivity contribution >= 4 is 17.7 Å². The van der Waals surface area contributed by atoms with Gasteiger partial charge in [0.1, 0.15) is 6.04 Å². The number of esters is 1. The van der Waals surface area contributed by atoms with Gasteiger partial charge in [-0.25, -0.2) is 0 Å². The van der Waals surface area contributed by atoms with E-state index in [9.17, 15) is 4.79 Å². The molecule has 0 radical (unpaired) electrons. The Bertz CT molecular complexity index is 176. The van der Waals surface area contributed by atoms with Gasteiger partial charge in [0.2, 0.25) is 0 Å². The number of carbonyl (C=O) groups is 1. The van der Waals surface area contributed by atoms with E-state index in [2.05, 4.69) is 5.92 Å². The van der Waals surface area contributed by atoms with Crippen molar-refractivity contribution in [3.63, 3.8) is 0 Å². The Morgan fingerprint density at radius 1 is 1.83 bits per heavy atom. The van der Waals surface area contributed by atoms with Crippen LogP contribution in [0.4, 0.5) is 0 Å². The monoisotopic (exact) mass is 187 g/mol. The molecule has 1 atom stereocenters. The second kappa shape index (κ2) is 7.01. The fraction of sp³-hybridized carbons (Fsp3) is 0.625. The molecule has 0 aromatic carbocycles. The summed E-state index contributed by atoms with van der Waals surface area (Å²) in [7, 11) is 0. The Hall–Kier alpha value is -0.660. The maximum atomic E-state index is 10.9. The van der Waals surface area contributed by atoms with Crippen molar-refractivity contribution in [1.82, 2.24) is 0 Å². The zero-order chi connectivity index (χ0) is 9.40. The van der Waals surface area contributed by atoms with Gasteiger partial charge in [0.05, 0.1) is 12.4 Å². The van der Waals surface area contributed by atoms with Crippen molar-refractivity contribution in [3.8, 4) is 12.3 Å². The van der Waals surface area contributed by atoms with Crippen LogP contribution in [0.2, 0.25) is 0 Å². The van der Waals surface area contributed by atoms with Crippen LogP contribution in [-0.2, 0) is 9.53 Å². The average molecular weight is 187 g/mol. The summed E-state index contributed by atoms with van der Waals surface area (Å²) in [5.74, 6) is 3.18. The molecule has 3 nitrogen and oxygen atoms in total. The molecule has 0 amide bonds. The van der Waals surface area contributed by atoms with Crippen molar-refractivity contribution in [2.24, 2.45) is 5.73 Å². The van der Waals surface area contributed by atoms with Gasteiger partial charge in [-0.3, -0.25) is 4.79 Å². The van der Waals surface area contributed by atoms with Crippen molar-refractivity contribution < 1.29 is 9.53 Å². The standard InChI is InChI=1S/C8H13NO2S/c1-3-5-12-6-7(9)8(10)11-4-2/h1,7H,4-6,9H2,2H3. The second-order valence-electron chi connectivity index (χ2n) is 2.08. The third-order valence-corrected chi connectivity index (χ3v) is 2.04. The van der Waals surface area contributed by atoms with E-state index >= 15 is 0 Å². The number of hydrogen-bond acceptors (Lipinski definition) is 4. The Morgan fingerprint density at radius 2 is 2.50 bits per heavy atom. The largest absolute Gasteiger partial charge is 0.465 e. The molecule has 0 aliphatic carbocycles. The fourth-order valence-corrected chi connectivity index (χ4v) is 1.19. The first-order chi connectivity index (χ1) is 5.72. The van der Waals surface area contributed by atoms with Gasteiger partial charge in [-0.05, 0) is 6.92 Å². The highest BCUT2D eigenvalue weighted by Gasteiger charge is 2.13. The maximum absolute atomic E-state index is 10.9. The highest BCUT2D eigenvalue weighted by Crippen LogP contribution is 2.01. The first kappa shape index (κ1) is 11.3. The summed E-state index contributed by atoms with van der Waals surface area (Å²) >= 11 is 1.45. The lowest BCUT2D eigenvalue weighted by Gasteiger charge is -2.08. The van der Waals surface area contributed by atoms with Crippen LogP contribution >= 0.6 is 11.8 Å². The van der Waals surface area contributed by atoms with Gasteiger partial charge in [-0.2, -0.15) is 0 Å². The highest BCUT2D eigenvalue weighted by atomic mass is 32.2. The van der Waals surface area contributed by atoms with Crippen LogP contribution in [0.3, 0.4) is 0 Å². The van der Waals surface area contributed by atoms with Crippen LogP contribution in [0.5, 0.6) is 0 Å². The molecule has 0 heterocycles. The molecule has 0 aliphatic heterocycles. The van der Waals surface area contributed by atoms with Crippen LogP contribution in [0.15, 0.2) is 0 Å². The van der Waals surface area contributed by atoms with Crippen molar-refractivity contribution in [2.45, 2.75) is 13.0 Å². The number of terminal acetylenes is 1. The predicted octanol–water partition coefficient (Wildman–Crippen LogP) is 0.243. The van der Waals surface area contributed by atoms with E-state index in [1.54, 1.807) is 6.92 Å². The number of thioether (sulfide) groups is 1. The van der Waals surface area contributed by atoms with Gasteiger partial charge in [0, 0.05) is 5.75 Å². The lowest BCUT2D eigenvalue weighted by Crippen LogP contribution is -2.34. The summed E-state index contributed by atoms with van der Waals surface area (Å²) in [6.07, 6.45) is 5.02.